The second kappa shape index (κ2) is 5.56. The maximum Gasteiger partial charge on any atom is 0.127 e. The number of nitrogens with one attached hydrogen (secondary N) is 1. The van der Waals surface area contributed by atoms with E-state index >= 15 is 0 Å². The Kier molecular flexibility index (Phi) is 4.07. The predicted molar refractivity (Wildman–Crippen MR) is 71.7 cm³/mol. The molecule has 0 unspecified atom stereocenters. The smallest absolute Gasteiger partial charge is 0.127 e. The Morgan fingerprint density at radius 2 is 2.24 bits per heavy atom. The lowest BCUT2D eigenvalue weighted by atomic mass is 10.1. The van der Waals surface area contributed by atoms with Crippen LogP contribution in [0.3, 0.4) is 0 Å². The second-order valence-corrected chi connectivity index (χ2v) is 4.82. The van der Waals surface area contributed by atoms with Crippen molar-refractivity contribution in [2.45, 2.75) is 12.8 Å². The number of H-pyrrole nitrogens is 1. The third-order valence-electron chi connectivity index (χ3n) is 2.55. The zero-order chi connectivity index (χ0) is 12.3. The summed E-state index contributed by atoms with van der Waals surface area (Å²) in [6.07, 6.45) is 3.39. The monoisotopic (exact) mass is 314 g/mol. The highest BCUT2D eigenvalue weighted by Gasteiger charge is 2.07. The third-order valence-corrected chi connectivity index (χ3v) is 3.47. The summed E-state index contributed by atoms with van der Waals surface area (Å²) in [7, 11) is 1.67. The zero-order valence-electron chi connectivity index (χ0n) is 9.34. The van der Waals surface area contributed by atoms with E-state index in [9.17, 15) is 0 Å². The molecule has 0 saturated heterocycles. The van der Waals surface area contributed by atoms with Crippen molar-refractivity contribution in [2.24, 2.45) is 0 Å². The zero-order valence-corrected chi connectivity index (χ0v) is 11.7. The number of hydrogen-bond donors (Lipinski definition) is 1. The third kappa shape index (κ3) is 3.01. The van der Waals surface area contributed by atoms with Gasteiger partial charge in [0.25, 0.3) is 0 Å². The second-order valence-electron chi connectivity index (χ2n) is 3.63. The summed E-state index contributed by atoms with van der Waals surface area (Å²) >= 11 is 9.37. The number of nitrogens with zero attached hydrogens (tertiary/aromatic N) is 1. The van der Waals surface area contributed by atoms with E-state index in [4.69, 9.17) is 16.3 Å². The van der Waals surface area contributed by atoms with E-state index in [0.29, 0.717) is 0 Å². The van der Waals surface area contributed by atoms with Crippen molar-refractivity contribution in [3.05, 3.63) is 45.4 Å². The Hall–Kier alpha value is -1.00. The summed E-state index contributed by atoms with van der Waals surface area (Å²) < 4.78 is 6.16. The quantitative estimate of drug-likeness (QED) is 0.936. The van der Waals surface area contributed by atoms with Gasteiger partial charge in [-0.2, -0.15) is 0 Å². The maximum atomic E-state index is 5.98. The van der Waals surface area contributed by atoms with Crippen LogP contribution in [-0.4, -0.2) is 17.1 Å². The average Bonchev–Trinajstić information content (AvgIpc) is 2.72. The molecule has 0 aliphatic heterocycles. The molecule has 1 aromatic heterocycles. The van der Waals surface area contributed by atoms with Gasteiger partial charge in [-0.25, -0.2) is 4.98 Å². The summed E-state index contributed by atoms with van der Waals surface area (Å²) in [5.41, 5.74) is 2.17. The SMILES string of the molecule is COc1ccc(Cl)cc1CCc1[nH]cnc1Br. The Bertz CT molecular complexity index is 513. The van der Waals surface area contributed by atoms with Crippen molar-refractivity contribution in [1.82, 2.24) is 9.97 Å². The van der Waals surface area contributed by atoms with Gasteiger partial charge in [0.2, 0.25) is 0 Å². The molecule has 0 radical (unpaired) electrons. The van der Waals surface area contributed by atoms with E-state index < -0.39 is 0 Å². The Morgan fingerprint density at radius 1 is 1.41 bits per heavy atom. The van der Waals surface area contributed by atoms with Gasteiger partial charge in [-0.05, 0) is 52.5 Å². The molecule has 2 aromatic rings. The van der Waals surface area contributed by atoms with Gasteiger partial charge < -0.3 is 9.72 Å². The molecule has 1 aromatic carbocycles. The van der Waals surface area contributed by atoms with Gasteiger partial charge in [0.1, 0.15) is 10.4 Å². The Labute approximate surface area is 113 Å². The Morgan fingerprint density at radius 3 is 2.88 bits per heavy atom. The number of ether oxygens (including phenoxy) is 1. The fourth-order valence-corrected chi connectivity index (χ4v) is 2.29. The molecule has 0 aliphatic rings. The first-order chi connectivity index (χ1) is 8.20. The van der Waals surface area contributed by atoms with Crippen LogP contribution >= 0.6 is 27.5 Å². The van der Waals surface area contributed by atoms with Crippen molar-refractivity contribution >= 4 is 27.5 Å². The van der Waals surface area contributed by atoms with Crippen LogP contribution in [0.25, 0.3) is 0 Å². The molecule has 0 saturated carbocycles. The highest BCUT2D eigenvalue weighted by molar-refractivity contribution is 9.10. The van der Waals surface area contributed by atoms with Gasteiger partial charge in [-0.15, -0.1) is 0 Å². The lowest BCUT2D eigenvalue weighted by Crippen LogP contribution is -1.96. The van der Waals surface area contributed by atoms with Gasteiger partial charge in [0, 0.05) is 10.7 Å². The van der Waals surface area contributed by atoms with Crippen LogP contribution in [0.2, 0.25) is 5.02 Å². The molecule has 0 aliphatic carbocycles. The van der Waals surface area contributed by atoms with Gasteiger partial charge in [-0.1, -0.05) is 11.6 Å². The van der Waals surface area contributed by atoms with Crippen molar-refractivity contribution < 1.29 is 4.74 Å². The number of rotatable bonds is 4. The molecule has 5 heteroatoms. The fraction of sp³-hybridized carbons (Fsp3) is 0.250. The van der Waals surface area contributed by atoms with Crippen LogP contribution in [0.15, 0.2) is 29.1 Å². The average molecular weight is 316 g/mol. The van der Waals surface area contributed by atoms with Crippen LogP contribution < -0.4 is 4.74 Å². The topological polar surface area (TPSA) is 37.9 Å². The molecule has 0 spiro atoms. The highest BCUT2D eigenvalue weighted by Crippen LogP contribution is 2.24. The lowest BCUT2D eigenvalue weighted by molar-refractivity contribution is 0.409. The minimum absolute atomic E-state index is 0.726. The standard InChI is InChI=1S/C12H12BrClN2O/c1-17-11-5-3-9(14)6-8(11)2-4-10-12(13)16-7-15-10/h3,5-7H,2,4H2,1H3,(H,15,16). The molecule has 1 N–H and O–H groups in total. The summed E-state index contributed by atoms with van der Waals surface area (Å²) in [6.45, 7) is 0. The van der Waals surface area contributed by atoms with E-state index in [2.05, 4.69) is 25.9 Å². The first-order valence-electron chi connectivity index (χ1n) is 5.21. The van der Waals surface area contributed by atoms with Crippen LogP contribution in [0, 0.1) is 0 Å². The van der Waals surface area contributed by atoms with E-state index in [-0.39, 0.29) is 0 Å². The molecule has 3 nitrogen and oxygen atoms in total. The maximum absolute atomic E-state index is 5.98. The summed E-state index contributed by atoms with van der Waals surface area (Å²) in [4.78, 5) is 7.19. The number of halogens is 2. The molecule has 0 fully saturated rings. The number of aromatic nitrogens is 2. The number of benzene rings is 1. The molecule has 90 valence electrons. The van der Waals surface area contributed by atoms with Crippen molar-refractivity contribution in [2.75, 3.05) is 7.11 Å². The number of hydrogen-bond acceptors (Lipinski definition) is 2. The molecular weight excluding hydrogens is 304 g/mol. The minimum Gasteiger partial charge on any atom is -0.496 e. The van der Waals surface area contributed by atoms with Gasteiger partial charge in [0.15, 0.2) is 0 Å². The number of methoxy groups -OCH3 is 1. The molecule has 0 atom stereocenters. The predicted octanol–water partition coefficient (Wildman–Crippen LogP) is 3.62. The number of aromatic amines is 1. The largest absolute Gasteiger partial charge is 0.496 e. The van der Waals surface area contributed by atoms with Crippen LogP contribution in [0.1, 0.15) is 11.3 Å². The Balaban J connectivity index is 2.13. The summed E-state index contributed by atoms with van der Waals surface area (Å²) in [5.74, 6) is 0.866. The first-order valence-corrected chi connectivity index (χ1v) is 6.38. The molecule has 1 heterocycles. The summed E-state index contributed by atoms with van der Waals surface area (Å²) in [6, 6.07) is 5.65. The minimum atomic E-state index is 0.726. The van der Waals surface area contributed by atoms with Crippen molar-refractivity contribution in [3.63, 3.8) is 0 Å². The van der Waals surface area contributed by atoms with E-state index in [1.807, 2.05) is 18.2 Å². The van der Waals surface area contributed by atoms with Gasteiger partial charge in [-0.3, -0.25) is 0 Å². The van der Waals surface area contributed by atoms with Crippen LogP contribution in [-0.2, 0) is 12.8 Å². The van der Waals surface area contributed by atoms with Gasteiger partial charge in [0.05, 0.1) is 13.4 Å². The van der Waals surface area contributed by atoms with Crippen molar-refractivity contribution in [1.29, 1.82) is 0 Å². The summed E-state index contributed by atoms with van der Waals surface area (Å²) in [5, 5.41) is 0.726. The van der Waals surface area contributed by atoms with E-state index in [0.717, 1.165) is 39.5 Å². The first kappa shape index (κ1) is 12.5. The van der Waals surface area contributed by atoms with Crippen molar-refractivity contribution in [3.8, 4) is 5.75 Å². The highest BCUT2D eigenvalue weighted by atomic mass is 79.9. The lowest BCUT2D eigenvalue weighted by Gasteiger charge is -2.08. The molecule has 17 heavy (non-hydrogen) atoms. The van der Waals surface area contributed by atoms with Gasteiger partial charge >= 0.3 is 0 Å². The van der Waals surface area contributed by atoms with Crippen LogP contribution in [0.5, 0.6) is 5.75 Å². The van der Waals surface area contributed by atoms with Crippen LogP contribution in [0.4, 0.5) is 0 Å². The molecular formula is C12H12BrClN2O. The number of imidazole rings is 1. The fourth-order valence-electron chi connectivity index (χ4n) is 1.68. The number of aryl methyl sites for hydroxylation is 2. The van der Waals surface area contributed by atoms with E-state index in [1.54, 1.807) is 13.4 Å². The molecule has 0 bridgehead atoms. The van der Waals surface area contributed by atoms with E-state index in [1.165, 1.54) is 0 Å². The molecule has 2 rings (SSSR count). The normalized spacial score (nSPS) is 10.5. The molecule has 0 amide bonds.